The van der Waals surface area contributed by atoms with Gasteiger partial charge in [0.05, 0.1) is 5.71 Å². The summed E-state index contributed by atoms with van der Waals surface area (Å²) in [6, 6.07) is 10.4. The Kier molecular flexibility index (Phi) is 5.07. The molecule has 0 spiro atoms. The molecule has 0 aliphatic heterocycles. The minimum absolute atomic E-state index is 0.0306. The second kappa shape index (κ2) is 6.82. The molecule has 0 saturated carbocycles. The molecule has 0 radical (unpaired) electrons. The Morgan fingerprint density at radius 1 is 1.18 bits per heavy atom. The van der Waals surface area contributed by atoms with Gasteiger partial charge in [-0.15, -0.1) is 0 Å². The van der Waals surface area contributed by atoms with Gasteiger partial charge in [-0.05, 0) is 38.8 Å². The lowest BCUT2D eigenvalue weighted by atomic mass is 10.0. The van der Waals surface area contributed by atoms with E-state index >= 15 is 0 Å². The van der Waals surface area contributed by atoms with Crippen molar-refractivity contribution >= 4 is 5.71 Å². The highest BCUT2D eigenvalue weighted by Gasteiger charge is 2.14. The van der Waals surface area contributed by atoms with Crippen LogP contribution in [0, 0.1) is 0 Å². The number of hydrogen-bond acceptors (Lipinski definition) is 3. The lowest BCUT2D eigenvalue weighted by molar-refractivity contribution is 0.440. The fourth-order valence-electron chi connectivity index (χ4n) is 2.28. The van der Waals surface area contributed by atoms with Gasteiger partial charge >= 0.3 is 0 Å². The van der Waals surface area contributed by atoms with Crippen LogP contribution in [0.25, 0.3) is 0 Å². The smallest absolute Gasteiger partial charge is 0.0715 e. The highest BCUT2D eigenvalue weighted by atomic mass is 15.3. The normalized spacial score (nSPS) is 15.4. The van der Waals surface area contributed by atoms with E-state index in [1.165, 1.54) is 16.8 Å². The number of nitrogens with zero attached hydrogens (tertiary/aromatic N) is 2. The molecule has 22 heavy (non-hydrogen) atoms. The van der Waals surface area contributed by atoms with E-state index in [9.17, 15) is 0 Å². The van der Waals surface area contributed by atoms with Gasteiger partial charge in [0, 0.05) is 31.8 Å². The Labute approximate surface area is 134 Å². The molecule has 1 aromatic rings. The number of benzene rings is 1. The number of rotatable bonds is 5. The van der Waals surface area contributed by atoms with Crippen LogP contribution in [-0.4, -0.2) is 30.2 Å². The third kappa shape index (κ3) is 4.76. The monoisotopic (exact) mass is 297 g/mol. The molecule has 2 rings (SSSR count). The topological polar surface area (TPSA) is 27.6 Å². The third-order valence-corrected chi connectivity index (χ3v) is 3.47. The Bertz CT molecular complexity index is 587. The summed E-state index contributed by atoms with van der Waals surface area (Å²) in [4.78, 5) is 2.15. The van der Waals surface area contributed by atoms with Crippen LogP contribution in [-0.2, 0) is 0 Å². The van der Waals surface area contributed by atoms with Gasteiger partial charge in [-0.25, -0.2) is 0 Å². The van der Waals surface area contributed by atoms with Gasteiger partial charge in [-0.2, -0.15) is 5.10 Å². The maximum Gasteiger partial charge on any atom is 0.0715 e. The van der Waals surface area contributed by atoms with E-state index in [2.05, 4.69) is 86.7 Å². The number of nitrogens with one attached hydrogen (secondary N) is 1. The predicted molar refractivity (Wildman–Crippen MR) is 95.0 cm³/mol. The summed E-state index contributed by atoms with van der Waals surface area (Å²) in [7, 11) is 4.16. The zero-order valence-corrected chi connectivity index (χ0v) is 14.4. The first-order chi connectivity index (χ1) is 10.3. The molecule has 1 aromatic carbocycles. The van der Waals surface area contributed by atoms with E-state index in [0.29, 0.717) is 0 Å². The van der Waals surface area contributed by atoms with Gasteiger partial charge in [-0.3, -0.25) is 0 Å². The summed E-state index contributed by atoms with van der Waals surface area (Å²) in [5.74, 6) is 0. The van der Waals surface area contributed by atoms with Gasteiger partial charge < -0.3 is 10.3 Å². The van der Waals surface area contributed by atoms with Gasteiger partial charge in [-0.1, -0.05) is 42.0 Å². The lowest BCUT2D eigenvalue weighted by Gasteiger charge is -2.19. The number of hydrogen-bond donors (Lipinski definition) is 1. The molecular formula is C19H27N3. The molecule has 0 saturated heterocycles. The van der Waals surface area contributed by atoms with E-state index < -0.39 is 0 Å². The highest BCUT2D eigenvalue weighted by Crippen LogP contribution is 2.23. The van der Waals surface area contributed by atoms with Crippen molar-refractivity contribution in [1.29, 1.82) is 0 Å². The molecule has 1 N–H and O–H groups in total. The first kappa shape index (κ1) is 16.3. The molecule has 0 atom stereocenters. The molecule has 1 aliphatic carbocycles. The zero-order valence-electron chi connectivity index (χ0n) is 14.4. The standard InChI is InChI=1S/C19H27N3/c1-19(2,3)21-20-18(16-9-7-6-8-10-16)14-15-11-12-17(13-15)22(4)5/h6-10,12-13,21H,11,14H2,1-5H3. The van der Waals surface area contributed by atoms with Crippen molar-refractivity contribution in [3.63, 3.8) is 0 Å². The molecule has 1 aliphatic rings. The Balaban J connectivity index is 2.18. The minimum Gasteiger partial charge on any atom is -0.378 e. The van der Waals surface area contributed by atoms with Crippen LogP contribution in [0.1, 0.15) is 39.2 Å². The number of likely N-dealkylation sites (N-methyl/N-ethyl adjacent to an activating group) is 1. The molecule has 118 valence electrons. The largest absolute Gasteiger partial charge is 0.378 e. The Morgan fingerprint density at radius 2 is 1.86 bits per heavy atom. The van der Waals surface area contributed by atoms with Crippen LogP contribution < -0.4 is 5.43 Å². The second-order valence-electron chi connectivity index (χ2n) is 6.99. The van der Waals surface area contributed by atoms with Gasteiger partial charge in [0.15, 0.2) is 0 Å². The Hall–Kier alpha value is -2.03. The second-order valence-corrected chi connectivity index (χ2v) is 6.99. The van der Waals surface area contributed by atoms with E-state index in [0.717, 1.165) is 18.6 Å². The summed E-state index contributed by atoms with van der Waals surface area (Å²) in [5.41, 5.74) is 8.19. The van der Waals surface area contributed by atoms with Crippen molar-refractivity contribution in [3.05, 3.63) is 59.3 Å². The van der Waals surface area contributed by atoms with Crippen LogP contribution in [0.2, 0.25) is 0 Å². The van der Waals surface area contributed by atoms with E-state index in [1.54, 1.807) is 0 Å². The van der Waals surface area contributed by atoms with Crippen molar-refractivity contribution in [2.45, 2.75) is 39.2 Å². The zero-order chi connectivity index (χ0) is 16.2. The molecule has 3 nitrogen and oxygen atoms in total. The van der Waals surface area contributed by atoms with Crippen LogP contribution in [0.15, 0.2) is 58.9 Å². The predicted octanol–water partition coefficient (Wildman–Crippen LogP) is 3.94. The molecule has 3 heteroatoms. The van der Waals surface area contributed by atoms with E-state index in [1.807, 2.05) is 6.07 Å². The molecule has 0 amide bonds. The molecule has 0 aromatic heterocycles. The molecule has 0 bridgehead atoms. The summed E-state index contributed by atoms with van der Waals surface area (Å²) >= 11 is 0. The maximum atomic E-state index is 4.69. The number of hydrazone groups is 1. The van der Waals surface area contributed by atoms with E-state index in [4.69, 9.17) is 0 Å². The van der Waals surface area contributed by atoms with Gasteiger partial charge in [0.25, 0.3) is 0 Å². The van der Waals surface area contributed by atoms with Gasteiger partial charge in [0.1, 0.15) is 0 Å². The molecule has 0 heterocycles. The summed E-state index contributed by atoms with van der Waals surface area (Å²) in [6.07, 6.45) is 6.43. The number of allylic oxidation sites excluding steroid dienone is 3. The van der Waals surface area contributed by atoms with Crippen LogP contribution in [0.3, 0.4) is 0 Å². The molecule has 0 unspecified atom stereocenters. The average molecular weight is 297 g/mol. The van der Waals surface area contributed by atoms with Crippen LogP contribution >= 0.6 is 0 Å². The molecule has 0 fully saturated rings. The van der Waals surface area contributed by atoms with Crippen molar-refractivity contribution in [1.82, 2.24) is 10.3 Å². The fourth-order valence-corrected chi connectivity index (χ4v) is 2.28. The third-order valence-electron chi connectivity index (χ3n) is 3.47. The Morgan fingerprint density at radius 3 is 2.41 bits per heavy atom. The fraction of sp³-hybridized carbons (Fsp3) is 0.421. The van der Waals surface area contributed by atoms with Gasteiger partial charge in [0.2, 0.25) is 0 Å². The highest BCUT2D eigenvalue weighted by molar-refractivity contribution is 6.01. The minimum atomic E-state index is -0.0306. The summed E-state index contributed by atoms with van der Waals surface area (Å²) in [6.45, 7) is 6.37. The van der Waals surface area contributed by atoms with E-state index in [-0.39, 0.29) is 5.54 Å². The van der Waals surface area contributed by atoms with Crippen molar-refractivity contribution in [2.75, 3.05) is 14.1 Å². The van der Waals surface area contributed by atoms with Crippen LogP contribution in [0.4, 0.5) is 0 Å². The first-order valence-corrected chi connectivity index (χ1v) is 7.81. The van der Waals surface area contributed by atoms with Crippen molar-refractivity contribution in [2.24, 2.45) is 5.10 Å². The SMILES string of the molecule is CN(C)C1=CCC(CC(=NNC(C)(C)C)c2ccccc2)=C1. The average Bonchev–Trinajstić information content (AvgIpc) is 2.92. The quantitative estimate of drug-likeness (QED) is 0.658. The van der Waals surface area contributed by atoms with Crippen molar-refractivity contribution < 1.29 is 0 Å². The summed E-state index contributed by atoms with van der Waals surface area (Å²) < 4.78 is 0. The maximum absolute atomic E-state index is 4.69. The summed E-state index contributed by atoms with van der Waals surface area (Å²) in [5, 5.41) is 4.69. The van der Waals surface area contributed by atoms with Crippen molar-refractivity contribution in [3.8, 4) is 0 Å². The first-order valence-electron chi connectivity index (χ1n) is 7.81. The van der Waals surface area contributed by atoms with Crippen LogP contribution in [0.5, 0.6) is 0 Å². The molecular weight excluding hydrogens is 270 g/mol. The lowest BCUT2D eigenvalue weighted by Crippen LogP contribution is -2.32.